The first-order valence-electron chi connectivity index (χ1n) is 8.63. The molecule has 0 radical (unpaired) electrons. The Bertz CT molecular complexity index is 559. The number of carbonyl (C=O) groups excluding carboxylic acids is 2. The maximum Gasteiger partial charge on any atom is 0.321 e. The van der Waals surface area contributed by atoms with E-state index in [0.717, 1.165) is 25.1 Å². The largest absolute Gasteiger partial charge is 0.349 e. The van der Waals surface area contributed by atoms with Gasteiger partial charge in [-0.25, -0.2) is 4.79 Å². The number of nitrogens with one attached hydrogen (secondary N) is 1. The van der Waals surface area contributed by atoms with Crippen molar-refractivity contribution < 1.29 is 9.59 Å². The summed E-state index contributed by atoms with van der Waals surface area (Å²) in [6.45, 7) is 6.48. The summed E-state index contributed by atoms with van der Waals surface area (Å²) >= 11 is 0. The van der Waals surface area contributed by atoms with Crippen molar-refractivity contribution in [1.29, 1.82) is 0 Å². The van der Waals surface area contributed by atoms with Crippen LogP contribution < -0.4 is 5.32 Å². The lowest BCUT2D eigenvalue weighted by molar-refractivity contribution is -0.129. The summed E-state index contributed by atoms with van der Waals surface area (Å²) < 4.78 is 1.85. The molecule has 24 heavy (non-hydrogen) atoms. The van der Waals surface area contributed by atoms with Crippen LogP contribution in [0.1, 0.15) is 33.1 Å². The fourth-order valence-corrected chi connectivity index (χ4v) is 2.87. The van der Waals surface area contributed by atoms with Gasteiger partial charge >= 0.3 is 6.03 Å². The Morgan fingerprint density at radius 1 is 1.33 bits per heavy atom. The maximum atomic E-state index is 12.3. The summed E-state index contributed by atoms with van der Waals surface area (Å²) in [5, 5.41) is 7.16. The van der Waals surface area contributed by atoms with Gasteiger partial charge < -0.3 is 15.1 Å². The van der Waals surface area contributed by atoms with E-state index in [2.05, 4.69) is 24.3 Å². The SMILES string of the molecule is CC(C)Cn1cc(NC(=O)N2CCC(CC(=O)N(C)C)CC2)cn1. The molecule has 1 aromatic rings. The zero-order valence-electron chi connectivity index (χ0n) is 15.2. The number of anilines is 1. The van der Waals surface area contributed by atoms with Gasteiger partial charge in [-0.2, -0.15) is 5.10 Å². The molecule has 1 fully saturated rings. The van der Waals surface area contributed by atoms with Crippen LogP contribution in [0, 0.1) is 11.8 Å². The van der Waals surface area contributed by atoms with Gasteiger partial charge in [-0.1, -0.05) is 13.8 Å². The quantitative estimate of drug-likeness (QED) is 0.897. The molecule has 2 heterocycles. The monoisotopic (exact) mass is 335 g/mol. The van der Waals surface area contributed by atoms with Gasteiger partial charge in [0, 0.05) is 46.3 Å². The third-order valence-corrected chi connectivity index (χ3v) is 4.30. The van der Waals surface area contributed by atoms with E-state index < -0.39 is 0 Å². The van der Waals surface area contributed by atoms with Gasteiger partial charge in [0.1, 0.15) is 0 Å². The normalized spacial score (nSPS) is 15.6. The number of carbonyl (C=O) groups is 2. The van der Waals surface area contributed by atoms with E-state index in [1.54, 1.807) is 25.2 Å². The van der Waals surface area contributed by atoms with Crippen LogP contribution in [-0.2, 0) is 11.3 Å². The molecule has 7 heteroatoms. The molecule has 1 aliphatic rings. The highest BCUT2D eigenvalue weighted by Crippen LogP contribution is 2.21. The van der Waals surface area contributed by atoms with Crippen molar-refractivity contribution >= 4 is 17.6 Å². The second kappa shape index (κ2) is 8.17. The second-order valence-electron chi connectivity index (χ2n) is 7.20. The summed E-state index contributed by atoms with van der Waals surface area (Å²) in [6.07, 6.45) is 5.87. The summed E-state index contributed by atoms with van der Waals surface area (Å²) in [7, 11) is 3.56. The average molecular weight is 335 g/mol. The van der Waals surface area contributed by atoms with Crippen LogP contribution >= 0.6 is 0 Å². The van der Waals surface area contributed by atoms with Gasteiger partial charge in [0.25, 0.3) is 0 Å². The Kier molecular flexibility index (Phi) is 6.23. The molecule has 1 saturated heterocycles. The Morgan fingerprint density at radius 3 is 2.58 bits per heavy atom. The van der Waals surface area contributed by atoms with Crippen LogP contribution in [0.2, 0.25) is 0 Å². The Morgan fingerprint density at radius 2 is 2.00 bits per heavy atom. The number of amides is 3. The van der Waals surface area contributed by atoms with Crippen molar-refractivity contribution in [1.82, 2.24) is 19.6 Å². The number of piperidine rings is 1. The third-order valence-electron chi connectivity index (χ3n) is 4.30. The van der Waals surface area contributed by atoms with Gasteiger partial charge in [-0.05, 0) is 24.7 Å². The molecule has 7 nitrogen and oxygen atoms in total. The van der Waals surface area contributed by atoms with Gasteiger partial charge in [0.2, 0.25) is 5.91 Å². The molecular weight excluding hydrogens is 306 g/mol. The van der Waals surface area contributed by atoms with Crippen molar-refractivity contribution in [3.05, 3.63) is 12.4 Å². The third kappa shape index (κ3) is 5.25. The minimum atomic E-state index is -0.0866. The maximum absolute atomic E-state index is 12.3. The number of urea groups is 1. The molecule has 0 bridgehead atoms. The number of hydrogen-bond acceptors (Lipinski definition) is 3. The van der Waals surface area contributed by atoms with E-state index in [-0.39, 0.29) is 11.9 Å². The molecule has 0 aromatic carbocycles. The molecule has 134 valence electrons. The van der Waals surface area contributed by atoms with Crippen molar-refractivity contribution in [2.75, 3.05) is 32.5 Å². The second-order valence-corrected chi connectivity index (χ2v) is 7.20. The van der Waals surface area contributed by atoms with Crippen molar-refractivity contribution in [2.24, 2.45) is 11.8 Å². The molecule has 1 N–H and O–H groups in total. The number of hydrogen-bond donors (Lipinski definition) is 1. The predicted octanol–water partition coefficient (Wildman–Crippen LogP) is 2.26. The average Bonchev–Trinajstić information content (AvgIpc) is 2.94. The smallest absolute Gasteiger partial charge is 0.321 e. The van der Waals surface area contributed by atoms with Crippen LogP contribution in [0.3, 0.4) is 0 Å². The molecule has 0 atom stereocenters. The first kappa shape index (κ1) is 18.3. The van der Waals surface area contributed by atoms with Crippen molar-refractivity contribution in [2.45, 2.75) is 39.7 Å². The summed E-state index contributed by atoms with van der Waals surface area (Å²) in [6, 6.07) is -0.0866. The van der Waals surface area contributed by atoms with Gasteiger partial charge in [0.15, 0.2) is 0 Å². The van der Waals surface area contributed by atoms with E-state index in [4.69, 9.17) is 0 Å². The fourth-order valence-electron chi connectivity index (χ4n) is 2.87. The van der Waals surface area contributed by atoms with Crippen LogP contribution in [0.15, 0.2) is 12.4 Å². The summed E-state index contributed by atoms with van der Waals surface area (Å²) in [5.74, 6) is 1.05. The molecular formula is C17H29N5O2. The van der Waals surface area contributed by atoms with Crippen LogP contribution in [-0.4, -0.2) is 58.7 Å². The highest BCUT2D eigenvalue weighted by atomic mass is 16.2. The lowest BCUT2D eigenvalue weighted by Gasteiger charge is -2.32. The number of likely N-dealkylation sites (tertiary alicyclic amines) is 1. The highest BCUT2D eigenvalue weighted by molar-refractivity contribution is 5.89. The first-order valence-corrected chi connectivity index (χ1v) is 8.63. The van der Waals surface area contributed by atoms with Crippen LogP contribution in [0.25, 0.3) is 0 Å². The molecule has 1 aromatic heterocycles. The van der Waals surface area contributed by atoms with Gasteiger partial charge in [-0.3, -0.25) is 9.48 Å². The number of rotatable bonds is 5. The predicted molar refractivity (Wildman–Crippen MR) is 93.7 cm³/mol. The minimum Gasteiger partial charge on any atom is -0.349 e. The Labute approximate surface area is 144 Å². The lowest BCUT2D eigenvalue weighted by Crippen LogP contribution is -2.41. The van der Waals surface area contributed by atoms with E-state index in [0.29, 0.717) is 31.3 Å². The zero-order valence-corrected chi connectivity index (χ0v) is 15.2. The van der Waals surface area contributed by atoms with E-state index >= 15 is 0 Å². The fraction of sp³-hybridized carbons (Fsp3) is 0.706. The molecule has 0 unspecified atom stereocenters. The van der Waals surface area contributed by atoms with Crippen molar-refractivity contribution in [3.8, 4) is 0 Å². The highest BCUT2D eigenvalue weighted by Gasteiger charge is 2.25. The topological polar surface area (TPSA) is 70.5 Å². The molecule has 0 spiro atoms. The molecule has 2 rings (SSSR count). The molecule has 0 aliphatic carbocycles. The van der Waals surface area contributed by atoms with Crippen LogP contribution in [0.5, 0.6) is 0 Å². The van der Waals surface area contributed by atoms with Crippen LogP contribution in [0.4, 0.5) is 10.5 Å². The van der Waals surface area contributed by atoms with E-state index in [9.17, 15) is 9.59 Å². The summed E-state index contributed by atoms with van der Waals surface area (Å²) in [5.41, 5.74) is 0.727. The molecule has 0 saturated carbocycles. The van der Waals surface area contributed by atoms with Gasteiger partial charge in [0.05, 0.1) is 11.9 Å². The minimum absolute atomic E-state index is 0.0866. The number of nitrogens with zero attached hydrogens (tertiary/aromatic N) is 4. The number of aromatic nitrogens is 2. The standard InChI is InChI=1S/C17H29N5O2/c1-13(2)11-22-12-15(10-18-22)19-17(24)21-7-5-14(6-8-21)9-16(23)20(3)4/h10,12-14H,5-9,11H2,1-4H3,(H,19,24). The molecule has 1 aliphatic heterocycles. The lowest BCUT2D eigenvalue weighted by atomic mass is 9.93. The van der Waals surface area contributed by atoms with E-state index in [1.165, 1.54) is 0 Å². The summed E-state index contributed by atoms with van der Waals surface area (Å²) in [4.78, 5) is 27.6. The van der Waals surface area contributed by atoms with Gasteiger partial charge in [-0.15, -0.1) is 0 Å². The first-order chi connectivity index (χ1) is 11.3. The Hall–Kier alpha value is -2.05. The zero-order chi connectivity index (χ0) is 17.7. The van der Waals surface area contributed by atoms with Crippen molar-refractivity contribution in [3.63, 3.8) is 0 Å². The Balaban J connectivity index is 1.78. The molecule has 3 amide bonds. The van der Waals surface area contributed by atoms with E-state index in [1.807, 2.05) is 15.8 Å².